The summed E-state index contributed by atoms with van der Waals surface area (Å²) in [5.41, 5.74) is 0.396. The van der Waals surface area contributed by atoms with Crippen LogP contribution in [-0.2, 0) is 11.3 Å². The van der Waals surface area contributed by atoms with Crippen LogP contribution in [-0.4, -0.2) is 32.6 Å². The molecule has 2 rings (SSSR count). The summed E-state index contributed by atoms with van der Waals surface area (Å²) in [5, 5.41) is 9.75. The lowest BCUT2D eigenvalue weighted by atomic mass is 9.95. The Kier molecular flexibility index (Phi) is 5.33. The second-order valence-corrected chi connectivity index (χ2v) is 6.74. The van der Waals surface area contributed by atoms with E-state index in [9.17, 15) is 9.59 Å². The average molecular weight is 329 g/mol. The summed E-state index contributed by atoms with van der Waals surface area (Å²) in [5.74, 6) is -0.383. The Hall–Kier alpha value is -2.70. The zero-order chi connectivity index (χ0) is 17.7. The molecular weight excluding hydrogens is 306 g/mol. The van der Waals surface area contributed by atoms with Crippen molar-refractivity contribution in [1.82, 2.24) is 20.1 Å². The third-order valence-corrected chi connectivity index (χ3v) is 3.41. The number of anilines is 1. The van der Waals surface area contributed by atoms with E-state index < -0.39 is 5.41 Å². The van der Waals surface area contributed by atoms with E-state index in [1.807, 2.05) is 27.7 Å². The number of carbonyl (C=O) groups is 2. The Bertz CT molecular complexity index is 704. The summed E-state index contributed by atoms with van der Waals surface area (Å²) in [6.07, 6.45) is 3.05. The molecule has 2 N–H and O–H groups in total. The average Bonchev–Trinajstić information content (AvgIpc) is 2.99. The molecule has 1 atom stereocenters. The van der Waals surface area contributed by atoms with Crippen molar-refractivity contribution in [1.29, 1.82) is 0 Å². The molecule has 0 saturated heterocycles. The molecule has 1 aromatic carbocycles. The number of hydrogen-bond acceptors (Lipinski definition) is 4. The van der Waals surface area contributed by atoms with E-state index >= 15 is 0 Å². The van der Waals surface area contributed by atoms with Crippen molar-refractivity contribution in [2.24, 2.45) is 5.41 Å². The van der Waals surface area contributed by atoms with Gasteiger partial charge in [0.15, 0.2) is 0 Å². The molecule has 24 heavy (non-hydrogen) atoms. The molecule has 0 spiro atoms. The van der Waals surface area contributed by atoms with Crippen molar-refractivity contribution < 1.29 is 9.59 Å². The number of aromatic nitrogens is 3. The Morgan fingerprint density at radius 1 is 1.25 bits per heavy atom. The van der Waals surface area contributed by atoms with Gasteiger partial charge in [-0.25, -0.2) is 4.98 Å². The molecular formula is C17H23N5O2. The maximum atomic E-state index is 12.5. The first-order valence-electron chi connectivity index (χ1n) is 7.81. The Labute approximate surface area is 141 Å². The number of amides is 2. The lowest BCUT2D eigenvalue weighted by Crippen LogP contribution is -2.36. The summed E-state index contributed by atoms with van der Waals surface area (Å²) in [7, 11) is 0. The van der Waals surface area contributed by atoms with E-state index in [-0.39, 0.29) is 17.9 Å². The Balaban J connectivity index is 2.07. The first-order chi connectivity index (χ1) is 11.3. The van der Waals surface area contributed by atoms with Gasteiger partial charge in [-0.1, -0.05) is 32.9 Å². The highest BCUT2D eigenvalue weighted by Crippen LogP contribution is 2.20. The molecule has 128 valence electrons. The molecule has 1 heterocycles. The van der Waals surface area contributed by atoms with Crippen molar-refractivity contribution in [3.05, 3.63) is 42.5 Å². The van der Waals surface area contributed by atoms with Gasteiger partial charge in [-0.2, -0.15) is 5.10 Å². The van der Waals surface area contributed by atoms with Gasteiger partial charge in [0.25, 0.3) is 5.91 Å². The highest BCUT2D eigenvalue weighted by molar-refractivity contribution is 6.04. The molecule has 0 aliphatic heterocycles. The molecule has 7 heteroatoms. The normalized spacial score (nSPS) is 12.5. The van der Waals surface area contributed by atoms with Crippen LogP contribution < -0.4 is 10.6 Å². The molecule has 0 bridgehead atoms. The van der Waals surface area contributed by atoms with Crippen LogP contribution in [0.5, 0.6) is 0 Å². The fourth-order valence-corrected chi connectivity index (χ4v) is 2.05. The predicted octanol–water partition coefficient (Wildman–Crippen LogP) is 2.08. The van der Waals surface area contributed by atoms with Gasteiger partial charge in [0.1, 0.15) is 12.7 Å². The molecule has 1 unspecified atom stereocenters. The van der Waals surface area contributed by atoms with Crippen LogP contribution in [0.15, 0.2) is 36.9 Å². The summed E-state index contributed by atoms with van der Waals surface area (Å²) < 4.78 is 1.65. The quantitative estimate of drug-likeness (QED) is 0.879. The summed E-state index contributed by atoms with van der Waals surface area (Å²) in [6.45, 7) is 7.87. The standard InChI is InChI=1S/C17H23N5O2/c1-12(9-22-11-18-10-19-22)20-15(23)13-7-5-6-8-14(13)21-16(24)17(2,3)4/h5-8,10-12H,9H2,1-4H3,(H,20,23)(H,21,24). The lowest BCUT2D eigenvalue weighted by Gasteiger charge is -2.20. The lowest BCUT2D eigenvalue weighted by molar-refractivity contribution is -0.123. The zero-order valence-corrected chi connectivity index (χ0v) is 14.4. The van der Waals surface area contributed by atoms with Crippen LogP contribution in [0.1, 0.15) is 38.1 Å². The van der Waals surface area contributed by atoms with Crippen LogP contribution >= 0.6 is 0 Å². The van der Waals surface area contributed by atoms with E-state index in [0.29, 0.717) is 17.8 Å². The van der Waals surface area contributed by atoms with Gasteiger partial charge in [-0.15, -0.1) is 0 Å². The van der Waals surface area contributed by atoms with Crippen LogP contribution in [0.2, 0.25) is 0 Å². The molecule has 2 amide bonds. The third-order valence-electron chi connectivity index (χ3n) is 3.41. The fraction of sp³-hybridized carbons (Fsp3) is 0.412. The molecule has 1 aromatic heterocycles. The van der Waals surface area contributed by atoms with Crippen LogP contribution in [0, 0.1) is 5.41 Å². The zero-order valence-electron chi connectivity index (χ0n) is 14.4. The van der Waals surface area contributed by atoms with Gasteiger partial charge in [-0.05, 0) is 19.1 Å². The van der Waals surface area contributed by atoms with E-state index in [4.69, 9.17) is 0 Å². The maximum Gasteiger partial charge on any atom is 0.253 e. The van der Waals surface area contributed by atoms with Crippen molar-refractivity contribution in [2.75, 3.05) is 5.32 Å². The van der Waals surface area contributed by atoms with Gasteiger partial charge < -0.3 is 10.6 Å². The Morgan fingerprint density at radius 3 is 2.58 bits per heavy atom. The maximum absolute atomic E-state index is 12.5. The van der Waals surface area contributed by atoms with Gasteiger partial charge in [0.2, 0.25) is 5.91 Å². The first-order valence-corrected chi connectivity index (χ1v) is 7.81. The summed E-state index contributed by atoms with van der Waals surface area (Å²) >= 11 is 0. The molecule has 0 fully saturated rings. The minimum absolute atomic E-state index is 0.134. The smallest absolute Gasteiger partial charge is 0.253 e. The number of rotatable bonds is 5. The van der Waals surface area contributed by atoms with Gasteiger partial charge in [0, 0.05) is 11.5 Å². The SMILES string of the molecule is CC(Cn1cncn1)NC(=O)c1ccccc1NC(=O)C(C)(C)C. The van der Waals surface area contributed by atoms with Gasteiger partial charge in [0.05, 0.1) is 17.8 Å². The minimum atomic E-state index is -0.538. The minimum Gasteiger partial charge on any atom is -0.348 e. The van der Waals surface area contributed by atoms with Gasteiger partial charge in [-0.3, -0.25) is 14.3 Å². The van der Waals surface area contributed by atoms with E-state index in [1.165, 1.54) is 6.33 Å². The van der Waals surface area contributed by atoms with E-state index in [2.05, 4.69) is 20.7 Å². The molecule has 7 nitrogen and oxygen atoms in total. The molecule has 0 aliphatic carbocycles. The van der Waals surface area contributed by atoms with Crippen molar-refractivity contribution in [2.45, 2.75) is 40.3 Å². The van der Waals surface area contributed by atoms with Gasteiger partial charge >= 0.3 is 0 Å². The predicted molar refractivity (Wildman–Crippen MR) is 91.5 cm³/mol. The highest BCUT2D eigenvalue weighted by Gasteiger charge is 2.23. The molecule has 2 aromatic rings. The van der Waals surface area contributed by atoms with Crippen molar-refractivity contribution in [3.8, 4) is 0 Å². The van der Waals surface area contributed by atoms with Crippen molar-refractivity contribution >= 4 is 17.5 Å². The van der Waals surface area contributed by atoms with Crippen molar-refractivity contribution in [3.63, 3.8) is 0 Å². The highest BCUT2D eigenvalue weighted by atomic mass is 16.2. The number of benzene rings is 1. The number of nitrogens with zero attached hydrogens (tertiary/aromatic N) is 3. The monoisotopic (exact) mass is 329 g/mol. The number of nitrogens with one attached hydrogen (secondary N) is 2. The molecule has 0 radical (unpaired) electrons. The van der Waals surface area contributed by atoms with Crippen LogP contribution in [0.4, 0.5) is 5.69 Å². The molecule has 0 aliphatic rings. The Morgan fingerprint density at radius 2 is 1.96 bits per heavy atom. The number of para-hydroxylation sites is 1. The number of hydrogen-bond donors (Lipinski definition) is 2. The second-order valence-electron chi connectivity index (χ2n) is 6.74. The molecule has 0 saturated carbocycles. The van der Waals surface area contributed by atoms with E-state index in [0.717, 1.165) is 0 Å². The van der Waals surface area contributed by atoms with E-state index in [1.54, 1.807) is 35.3 Å². The third kappa shape index (κ3) is 4.65. The largest absolute Gasteiger partial charge is 0.348 e. The topological polar surface area (TPSA) is 88.9 Å². The fourth-order valence-electron chi connectivity index (χ4n) is 2.05. The second kappa shape index (κ2) is 7.25. The van der Waals surface area contributed by atoms with Crippen LogP contribution in [0.25, 0.3) is 0 Å². The number of carbonyl (C=O) groups excluding carboxylic acids is 2. The first kappa shape index (κ1) is 17.7. The van der Waals surface area contributed by atoms with Crippen LogP contribution in [0.3, 0.4) is 0 Å². The summed E-state index contributed by atoms with van der Waals surface area (Å²) in [4.78, 5) is 28.6. The summed E-state index contributed by atoms with van der Waals surface area (Å²) in [6, 6.07) is 6.83.